The lowest BCUT2D eigenvalue weighted by atomic mass is 10.2. The summed E-state index contributed by atoms with van der Waals surface area (Å²) in [7, 11) is -1.90. The Morgan fingerprint density at radius 2 is 2.11 bits per heavy atom. The Kier molecular flexibility index (Phi) is 3.72. The van der Waals surface area contributed by atoms with E-state index in [4.69, 9.17) is 5.14 Å². The van der Waals surface area contributed by atoms with Crippen molar-refractivity contribution in [3.05, 3.63) is 42.2 Å². The van der Waals surface area contributed by atoms with Gasteiger partial charge in [-0.3, -0.25) is 9.40 Å². The molecule has 0 amide bonds. The summed E-state index contributed by atoms with van der Waals surface area (Å²) in [5.74, 6) is 0. The van der Waals surface area contributed by atoms with Gasteiger partial charge in [0.05, 0.1) is 11.9 Å². The second kappa shape index (κ2) is 5.29. The average Bonchev–Trinajstić information content (AvgIpc) is 2.71. The number of aryl methyl sites for hydroxylation is 1. The summed E-state index contributed by atoms with van der Waals surface area (Å²) in [6.45, 7) is 0.604. The first-order valence-electron chi connectivity index (χ1n) is 5.54. The Morgan fingerprint density at radius 3 is 2.74 bits per heavy atom. The van der Waals surface area contributed by atoms with Crippen molar-refractivity contribution in [1.82, 2.24) is 9.78 Å². The maximum atomic E-state index is 10.9. The minimum atomic E-state index is -3.75. The van der Waals surface area contributed by atoms with E-state index in [0.29, 0.717) is 12.2 Å². The van der Waals surface area contributed by atoms with Crippen LogP contribution in [-0.4, -0.2) is 18.2 Å². The summed E-state index contributed by atoms with van der Waals surface area (Å²) in [4.78, 5) is 0. The summed E-state index contributed by atoms with van der Waals surface area (Å²) >= 11 is 0. The summed E-state index contributed by atoms with van der Waals surface area (Å²) in [5, 5.41) is 12.1. The van der Waals surface area contributed by atoms with Crippen LogP contribution in [0.3, 0.4) is 0 Å². The molecule has 4 N–H and O–H groups in total. The fourth-order valence-electron chi connectivity index (χ4n) is 1.62. The molecule has 1 aromatic carbocycles. The normalized spacial score (nSPS) is 11.3. The van der Waals surface area contributed by atoms with Crippen LogP contribution in [0, 0.1) is 0 Å². The van der Waals surface area contributed by atoms with Gasteiger partial charge >= 0.3 is 0 Å². The standard InChI is InChI=1S/C11H15N5O2S/c1-16-8-9(7-14-16)6-13-10-3-2-4-11(5-10)15-19(12,17)18/h2-5,7-8,13,15H,6H2,1H3,(H2,12,17,18). The molecule has 0 unspecified atom stereocenters. The lowest BCUT2D eigenvalue weighted by molar-refractivity contribution is 0.603. The minimum absolute atomic E-state index is 0.415. The molecule has 7 nitrogen and oxygen atoms in total. The Hall–Kier alpha value is -2.06. The minimum Gasteiger partial charge on any atom is -0.381 e. The number of rotatable bonds is 5. The summed E-state index contributed by atoms with van der Waals surface area (Å²) in [5.41, 5.74) is 2.24. The summed E-state index contributed by atoms with van der Waals surface area (Å²) < 4.78 is 25.8. The van der Waals surface area contributed by atoms with E-state index in [1.165, 1.54) is 0 Å². The Balaban J connectivity index is 2.03. The fourth-order valence-corrected chi connectivity index (χ4v) is 2.08. The summed E-state index contributed by atoms with van der Waals surface area (Å²) in [6, 6.07) is 6.87. The number of nitrogens with two attached hydrogens (primary N) is 1. The van der Waals surface area contributed by atoms with Gasteiger partial charge in [-0.05, 0) is 18.2 Å². The van der Waals surface area contributed by atoms with E-state index in [2.05, 4.69) is 15.1 Å². The van der Waals surface area contributed by atoms with Crippen LogP contribution in [0.4, 0.5) is 11.4 Å². The molecule has 0 saturated heterocycles. The smallest absolute Gasteiger partial charge is 0.296 e. The number of benzene rings is 1. The highest BCUT2D eigenvalue weighted by Crippen LogP contribution is 2.16. The van der Waals surface area contributed by atoms with Gasteiger partial charge in [-0.1, -0.05) is 6.07 Å². The average molecular weight is 281 g/mol. The molecule has 0 saturated carbocycles. The number of aromatic nitrogens is 2. The third-order valence-electron chi connectivity index (χ3n) is 2.38. The zero-order chi connectivity index (χ0) is 13.9. The summed E-state index contributed by atoms with van der Waals surface area (Å²) in [6.07, 6.45) is 3.67. The molecule has 0 aliphatic carbocycles. The molecule has 1 heterocycles. The van der Waals surface area contributed by atoms with Gasteiger partial charge in [0.25, 0.3) is 10.2 Å². The first-order valence-corrected chi connectivity index (χ1v) is 7.09. The monoisotopic (exact) mass is 281 g/mol. The number of hydrogen-bond acceptors (Lipinski definition) is 4. The van der Waals surface area contributed by atoms with E-state index < -0.39 is 10.2 Å². The SMILES string of the molecule is Cn1cc(CNc2cccc(NS(N)(=O)=O)c2)cn1. The number of nitrogens with one attached hydrogen (secondary N) is 2. The van der Waals surface area contributed by atoms with Crippen molar-refractivity contribution in [3.8, 4) is 0 Å². The Bertz CT molecular complexity index is 665. The van der Waals surface area contributed by atoms with Gasteiger partial charge in [0.15, 0.2) is 0 Å². The van der Waals surface area contributed by atoms with E-state index in [1.54, 1.807) is 29.1 Å². The molecule has 0 fully saturated rings. The molecule has 0 radical (unpaired) electrons. The van der Waals surface area contributed by atoms with Crippen molar-refractivity contribution < 1.29 is 8.42 Å². The highest BCUT2D eigenvalue weighted by molar-refractivity contribution is 7.90. The second-order valence-electron chi connectivity index (χ2n) is 4.10. The maximum Gasteiger partial charge on any atom is 0.296 e. The third-order valence-corrected chi connectivity index (χ3v) is 2.90. The van der Waals surface area contributed by atoms with E-state index in [1.807, 2.05) is 19.3 Å². The van der Waals surface area contributed by atoms with Gasteiger partial charge in [0.2, 0.25) is 0 Å². The van der Waals surface area contributed by atoms with Crippen LogP contribution in [0.2, 0.25) is 0 Å². The highest BCUT2D eigenvalue weighted by Gasteiger charge is 2.03. The van der Waals surface area contributed by atoms with Crippen molar-refractivity contribution in [2.24, 2.45) is 12.2 Å². The van der Waals surface area contributed by atoms with E-state index in [-0.39, 0.29) is 0 Å². The van der Waals surface area contributed by atoms with E-state index >= 15 is 0 Å². The molecule has 0 bridgehead atoms. The van der Waals surface area contributed by atoms with Gasteiger partial charge in [0.1, 0.15) is 0 Å². The van der Waals surface area contributed by atoms with Gasteiger partial charge in [-0.2, -0.15) is 13.5 Å². The van der Waals surface area contributed by atoms with Crippen molar-refractivity contribution >= 4 is 21.6 Å². The maximum absolute atomic E-state index is 10.9. The topological polar surface area (TPSA) is 102 Å². The Labute approximate surface area is 111 Å². The largest absolute Gasteiger partial charge is 0.381 e. The van der Waals surface area contributed by atoms with Gasteiger partial charge in [-0.25, -0.2) is 5.14 Å². The van der Waals surface area contributed by atoms with Crippen molar-refractivity contribution in [1.29, 1.82) is 0 Å². The van der Waals surface area contributed by atoms with Crippen LogP contribution in [0.25, 0.3) is 0 Å². The van der Waals surface area contributed by atoms with Crippen LogP contribution >= 0.6 is 0 Å². The first kappa shape index (κ1) is 13.4. The van der Waals surface area contributed by atoms with Crippen molar-refractivity contribution in [2.45, 2.75) is 6.54 Å². The van der Waals surface area contributed by atoms with Crippen molar-refractivity contribution in [2.75, 3.05) is 10.0 Å². The molecule has 0 aliphatic rings. The van der Waals surface area contributed by atoms with Crippen LogP contribution in [0.15, 0.2) is 36.7 Å². The number of hydrogen-bond donors (Lipinski definition) is 3. The van der Waals surface area contributed by atoms with E-state index in [9.17, 15) is 8.42 Å². The number of anilines is 2. The quantitative estimate of drug-likeness (QED) is 0.748. The van der Waals surface area contributed by atoms with Crippen molar-refractivity contribution in [3.63, 3.8) is 0 Å². The zero-order valence-electron chi connectivity index (χ0n) is 10.4. The molecular weight excluding hydrogens is 266 g/mol. The van der Waals surface area contributed by atoms with Gasteiger partial charge in [0, 0.05) is 31.0 Å². The molecule has 2 rings (SSSR count). The molecule has 2 aromatic rings. The molecule has 0 aliphatic heterocycles. The van der Waals surface area contributed by atoms with Crippen LogP contribution < -0.4 is 15.2 Å². The predicted octanol–water partition coefficient (Wildman–Crippen LogP) is 0.648. The molecule has 0 spiro atoms. The molecule has 1 aromatic heterocycles. The predicted molar refractivity (Wildman–Crippen MR) is 73.7 cm³/mol. The fraction of sp³-hybridized carbons (Fsp3) is 0.182. The second-order valence-corrected chi connectivity index (χ2v) is 5.40. The van der Waals surface area contributed by atoms with Crippen LogP contribution in [0.1, 0.15) is 5.56 Å². The van der Waals surface area contributed by atoms with E-state index in [0.717, 1.165) is 11.3 Å². The molecule has 19 heavy (non-hydrogen) atoms. The number of nitrogens with zero attached hydrogens (tertiary/aromatic N) is 2. The lowest BCUT2D eigenvalue weighted by Crippen LogP contribution is -2.21. The van der Waals surface area contributed by atoms with Crippen LogP contribution in [0.5, 0.6) is 0 Å². The first-order chi connectivity index (χ1) is 8.92. The van der Waals surface area contributed by atoms with Crippen LogP contribution in [-0.2, 0) is 23.8 Å². The van der Waals surface area contributed by atoms with Gasteiger partial charge < -0.3 is 5.32 Å². The molecule has 0 atom stereocenters. The highest BCUT2D eigenvalue weighted by atomic mass is 32.2. The molecule has 8 heteroatoms. The molecular formula is C11H15N5O2S. The molecule has 102 valence electrons. The zero-order valence-corrected chi connectivity index (χ0v) is 11.2. The van der Waals surface area contributed by atoms with Gasteiger partial charge in [-0.15, -0.1) is 0 Å². The third kappa shape index (κ3) is 4.27. The lowest BCUT2D eigenvalue weighted by Gasteiger charge is -2.08. The Morgan fingerprint density at radius 1 is 1.37 bits per heavy atom.